The lowest BCUT2D eigenvalue weighted by Gasteiger charge is -2.23. The first kappa shape index (κ1) is 19.1. The van der Waals surface area contributed by atoms with Crippen LogP contribution in [0.2, 0.25) is 0 Å². The van der Waals surface area contributed by atoms with Gasteiger partial charge in [-0.3, -0.25) is 9.20 Å². The maximum absolute atomic E-state index is 13.2. The molecule has 0 N–H and O–H groups in total. The van der Waals surface area contributed by atoms with E-state index in [2.05, 4.69) is 15.2 Å². The molecule has 4 rings (SSSR count). The van der Waals surface area contributed by atoms with Crippen molar-refractivity contribution in [2.45, 2.75) is 25.5 Å². The van der Waals surface area contributed by atoms with Crippen LogP contribution >= 0.6 is 11.8 Å². The molecule has 0 unspecified atom stereocenters. The van der Waals surface area contributed by atoms with E-state index in [1.165, 1.54) is 11.8 Å². The SMILES string of the molecule is Cc1cc2nnc(SCC(=O)N(Cc3ccccc3)c3ccccc3)n2c(C)n1. The fraction of sp³-hybridized carbons (Fsp3) is 0.182. The number of carbonyl (C=O) groups is 1. The van der Waals surface area contributed by atoms with E-state index in [-0.39, 0.29) is 11.7 Å². The van der Waals surface area contributed by atoms with Crippen molar-refractivity contribution in [2.24, 2.45) is 0 Å². The van der Waals surface area contributed by atoms with E-state index < -0.39 is 0 Å². The van der Waals surface area contributed by atoms with Crippen molar-refractivity contribution < 1.29 is 4.79 Å². The zero-order valence-electron chi connectivity index (χ0n) is 16.3. The second-order valence-corrected chi connectivity index (χ2v) is 7.65. The number of aryl methyl sites for hydroxylation is 2. The van der Waals surface area contributed by atoms with Gasteiger partial charge >= 0.3 is 0 Å². The third-order valence-electron chi connectivity index (χ3n) is 4.54. The molecule has 146 valence electrons. The molecule has 0 radical (unpaired) electrons. The summed E-state index contributed by atoms with van der Waals surface area (Å²) >= 11 is 1.38. The monoisotopic (exact) mass is 403 g/mol. The van der Waals surface area contributed by atoms with Gasteiger partial charge in [0.2, 0.25) is 5.91 Å². The van der Waals surface area contributed by atoms with Crippen LogP contribution in [0.25, 0.3) is 5.65 Å². The van der Waals surface area contributed by atoms with Gasteiger partial charge < -0.3 is 4.90 Å². The van der Waals surface area contributed by atoms with Gasteiger partial charge in [-0.05, 0) is 31.5 Å². The van der Waals surface area contributed by atoms with Gasteiger partial charge in [-0.1, -0.05) is 60.3 Å². The van der Waals surface area contributed by atoms with E-state index in [0.717, 1.165) is 28.4 Å². The molecule has 0 aliphatic carbocycles. The zero-order valence-corrected chi connectivity index (χ0v) is 17.1. The molecule has 6 nitrogen and oxygen atoms in total. The van der Waals surface area contributed by atoms with Gasteiger partial charge in [-0.25, -0.2) is 4.98 Å². The van der Waals surface area contributed by atoms with Crippen LogP contribution in [-0.4, -0.2) is 31.2 Å². The van der Waals surface area contributed by atoms with Crippen molar-refractivity contribution in [1.82, 2.24) is 19.6 Å². The lowest BCUT2D eigenvalue weighted by Crippen LogP contribution is -2.32. The summed E-state index contributed by atoms with van der Waals surface area (Å²) in [5, 5.41) is 9.14. The minimum atomic E-state index is 0.0135. The number of hydrogen-bond donors (Lipinski definition) is 0. The van der Waals surface area contributed by atoms with Crippen molar-refractivity contribution in [2.75, 3.05) is 10.7 Å². The number of anilines is 1. The Kier molecular flexibility index (Phi) is 5.57. The molecular weight excluding hydrogens is 382 g/mol. The third-order valence-corrected chi connectivity index (χ3v) is 5.45. The van der Waals surface area contributed by atoms with E-state index >= 15 is 0 Å². The molecule has 0 saturated carbocycles. The smallest absolute Gasteiger partial charge is 0.237 e. The van der Waals surface area contributed by atoms with Crippen LogP contribution < -0.4 is 4.90 Å². The van der Waals surface area contributed by atoms with Gasteiger partial charge in [-0.2, -0.15) is 0 Å². The van der Waals surface area contributed by atoms with Gasteiger partial charge in [0.15, 0.2) is 10.8 Å². The molecule has 0 atom stereocenters. The van der Waals surface area contributed by atoms with Crippen LogP contribution in [0.15, 0.2) is 71.9 Å². The lowest BCUT2D eigenvalue weighted by atomic mass is 10.2. The number of benzene rings is 2. The van der Waals surface area contributed by atoms with Crippen LogP contribution in [0.1, 0.15) is 17.1 Å². The van der Waals surface area contributed by atoms with Crippen molar-refractivity contribution in [3.63, 3.8) is 0 Å². The van der Waals surface area contributed by atoms with Crippen molar-refractivity contribution in [3.8, 4) is 0 Å². The normalized spacial score (nSPS) is 11.0. The number of nitrogens with zero attached hydrogens (tertiary/aromatic N) is 5. The molecule has 2 aromatic heterocycles. The van der Waals surface area contributed by atoms with E-state index in [1.54, 1.807) is 4.90 Å². The van der Waals surface area contributed by atoms with Crippen LogP contribution in [0.3, 0.4) is 0 Å². The summed E-state index contributed by atoms with van der Waals surface area (Å²) in [5.74, 6) is 1.08. The van der Waals surface area contributed by atoms with Crippen molar-refractivity contribution >= 4 is 29.0 Å². The summed E-state index contributed by atoms with van der Waals surface area (Å²) in [5.41, 5.74) is 3.60. The largest absolute Gasteiger partial charge is 0.307 e. The number of fused-ring (bicyclic) bond motifs is 1. The van der Waals surface area contributed by atoms with Gasteiger partial charge in [0, 0.05) is 17.4 Å². The fourth-order valence-electron chi connectivity index (χ4n) is 3.20. The van der Waals surface area contributed by atoms with E-state index in [0.29, 0.717) is 11.7 Å². The van der Waals surface area contributed by atoms with Crippen molar-refractivity contribution in [3.05, 3.63) is 83.8 Å². The van der Waals surface area contributed by atoms with Crippen LogP contribution in [-0.2, 0) is 11.3 Å². The average molecular weight is 404 g/mol. The summed E-state index contributed by atoms with van der Waals surface area (Å²) < 4.78 is 1.88. The summed E-state index contributed by atoms with van der Waals surface area (Å²) in [7, 11) is 0. The van der Waals surface area contributed by atoms with Crippen LogP contribution in [0.5, 0.6) is 0 Å². The number of rotatable bonds is 6. The van der Waals surface area contributed by atoms with Crippen LogP contribution in [0.4, 0.5) is 5.69 Å². The summed E-state index contributed by atoms with van der Waals surface area (Å²) in [6.45, 7) is 4.37. The maximum atomic E-state index is 13.2. The predicted octanol–water partition coefficient (Wildman–Crippen LogP) is 4.07. The number of aromatic nitrogens is 4. The molecule has 0 fully saturated rings. The highest BCUT2D eigenvalue weighted by atomic mass is 32.2. The zero-order chi connectivity index (χ0) is 20.2. The first-order valence-corrected chi connectivity index (χ1v) is 10.3. The predicted molar refractivity (Wildman–Crippen MR) is 115 cm³/mol. The molecule has 2 heterocycles. The Morgan fingerprint density at radius 1 is 1.00 bits per heavy atom. The minimum Gasteiger partial charge on any atom is -0.307 e. The number of thioether (sulfide) groups is 1. The highest BCUT2D eigenvalue weighted by molar-refractivity contribution is 7.99. The maximum Gasteiger partial charge on any atom is 0.237 e. The fourth-order valence-corrected chi connectivity index (χ4v) is 4.06. The molecule has 1 amide bonds. The Bertz CT molecular complexity index is 1130. The highest BCUT2D eigenvalue weighted by Gasteiger charge is 2.18. The second-order valence-electron chi connectivity index (χ2n) is 6.71. The topological polar surface area (TPSA) is 63.4 Å². The number of amides is 1. The highest BCUT2D eigenvalue weighted by Crippen LogP contribution is 2.22. The molecule has 2 aromatic carbocycles. The molecule has 7 heteroatoms. The molecule has 0 aliphatic rings. The second kappa shape index (κ2) is 8.45. The number of para-hydroxylation sites is 1. The van der Waals surface area contributed by atoms with Gasteiger partial charge in [-0.15, -0.1) is 10.2 Å². The Morgan fingerprint density at radius 2 is 1.69 bits per heavy atom. The minimum absolute atomic E-state index is 0.0135. The molecule has 4 aromatic rings. The summed E-state index contributed by atoms with van der Waals surface area (Å²) in [4.78, 5) is 19.4. The Morgan fingerprint density at radius 3 is 2.41 bits per heavy atom. The van der Waals surface area contributed by atoms with Crippen molar-refractivity contribution in [1.29, 1.82) is 0 Å². The van der Waals surface area contributed by atoms with E-state index in [9.17, 15) is 4.79 Å². The van der Waals surface area contributed by atoms with Gasteiger partial charge in [0.25, 0.3) is 0 Å². The first-order chi connectivity index (χ1) is 14.1. The lowest BCUT2D eigenvalue weighted by molar-refractivity contribution is -0.116. The standard InChI is InChI=1S/C22H21N5OS/c1-16-13-20-24-25-22(27(20)17(2)23-16)29-15-21(28)26(19-11-7-4-8-12-19)14-18-9-5-3-6-10-18/h3-13H,14-15H2,1-2H3. The summed E-state index contributed by atoms with van der Waals surface area (Å²) in [6.07, 6.45) is 0. The van der Waals surface area contributed by atoms with E-state index in [4.69, 9.17) is 0 Å². The van der Waals surface area contributed by atoms with E-state index in [1.807, 2.05) is 85.0 Å². The third kappa shape index (κ3) is 4.30. The molecule has 0 bridgehead atoms. The number of hydrogen-bond acceptors (Lipinski definition) is 5. The molecule has 0 spiro atoms. The Hall–Kier alpha value is -3.19. The first-order valence-electron chi connectivity index (χ1n) is 9.33. The van der Waals surface area contributed by atoms with Gasteiger partial charge in [0.05, 0.1) is 12.3 Å². The Labute approximate surface area is 173 Å². The molecule has 0 aliphatic heterocycles. The summed E-state index contributed by atoms with van der Waals surface area (Å²) in [6, 6.07) is 21.6. The van der Waals surface area contributed by atoms with Crippen LogP contribution in [0, 0.1) is 13.8 Å². The molecule has 29 heavy (non-hydrogen) atoms. The average Bonchev–Trinajstić information content (AvgIpc) is 3.15. The van der Waals surface area contributed by atoms with Gasteiger partial charge in [0.1, 0.15) is 5.82 Å². The quantitative estimate of drug-likeness (QED) is 0.454. The number of carbonyl (C=O) groups excluding carboxylic acids is 1. The Balaban J connectivity index is 1.56. The molecular formula is C22H21N5OS. The molecule has 0 saturated heterocycles.